The van der Waals surface area contributed by atoms with E-state index in [4.69, 9.17) is 32.7 Å². The summed E-state index contributed by atoms with van der Waals surface area (Å²) in [6.45, 7) is 0.223. The summed E-state index contributed by atoms with van der Waals surface area (Å²) in [5.74, 6) is -1.69. The van der Waals surface area contributed by atoms with E-state index in [2.05, 4.69) is 10.0 Å². The average Bonchev–Trinajstić information content (AvgIpc) is 3.04. The second kappa shape index (κ2) is 14.6. The third-order valence-electron chi connectivity index (χ3n) is 8.77. The lowest BCUT2D eigenvalue weighted by atomic mass is 9.76. The van der Waals surface area contributed by atoms with Crippen LogP contribution in [0.15, 0.2) is 60.7 Å². The number of rotatable bonds is 10. The number of nitrogens with one attached hydrogen (secondary N) is 2. The highest BCUT2D eigenvalue weighted by Gasteiger charge is 2.49. The van der Waals surface area contributed by atoms with Gasteiger partial charge in [0.05, 0.1) is 32.4 Å². The molecule has 3 aromatic carbocycles. The molecule has 10 nitrogen and oxygen atoms in total. The predicted octanol–water partition coefficient (Wildman–Crippen LogP) is 5.29. The quantitative estimate of drug-likeness (QED) is 0.275. The number of methoxy groups -OCH3 is 2. The van der Waals surface area contributed by atoms with Gasteiger partial charge in [-0.05, 0) is 66.3 Å². The Morgan fingerprint density at radius 3 is 2.43 bits per heavy atom. The normalized spacial score (nSPS) is 21.1. The molecule has 0 radical (unpaired) electrons. The number of amides is 2. The fraction of sp³-hybridized carbons (Fsp3) is 0.382. The van der Waals surface area contributed by atoms with E-state index in [-0.39, 0.29) is 28.9 Å². The molecule has 2 amide bonds. The summed E-state index contributed by atoms with van der Waals surface area (Å²) in [6.07, 6.45) is 4.15. The maximum atomic E-state index is 14.4. The number of carbonyl (C=O) groups is 3. The van der Waals surface area contributed by atoms with Crippen molar-refractivity contribution in [2.75, 3.05) is 27.0 Å². The first-order valence-corrected chi connectivity index (χ1v) is 17.9. The first-order valence-electron chi connectivity index (χ1n) is 15.3. The first kappa shape index (κ1) is 34.7. The number of halogens is 2. The average molecular weight is 703 g/mol. The molecule has 0 aromatic heterocycles. The largest absolute Gasteiger partial charge is 0.496 e. The first-order chi connectivity index (χ1) is 22.4. The van der Waals surface area contributed by atoms with Crippen LogP contribution in [0.1, 0.15) is 75.0 Å². The summed E-state index contributed by atoms with van der Waals surface area (Å²) in [6, 6.07) is 15.1. The van der Waals surface area contributed by atoms with Crippen molar-refractivity contribution in [2.24, 2.45) is 0 Å². The van der Waals surface area contributed by atoms with Crippen LogP contribution in [-0.4, -0.2) is 70.2 Å². The molecule has 3 aromatic rings. The van der Waals surface area contributed by atoms with E-state index in [1.54, 1.807) is 59.5 Å². The molecule has 1 heterocycles. The molecule has 0 saturated heterocycles. The van der Waals surface area contributed by atoms with Gasteiger partial charge in [-0.2, -0.15) is 0 Å². The number of sulfonamides is 1. The van der Waals surface area contributed by atoms with Gasteiger partial charge in [0, 0.05) is 34.2 Å². The number of carbonyl (C=O) groups excluding carboxylic acids is 3. The summed E-state index contributed by atoms with van der Waals surface area (Å²) >= 11 is 13.1. The van der Waals surface area contributed by atoms with E-state index in [1.165, 1.54) is 14.2 Å². The molecule has 1 saturated carbocycles. The highest BCUT2D eigenvalue weighted by molar-refractivity contribution is 7.88. The molecule has 47 heavy (non-hydrogen) atoms. The Hall–Kier alpha value is -3.64. The summed E-state index contributed by atoms with van der Waals surface area (Å²) in [7, 11) is -0.841. The zero-order valence-electron chi connectivity index (χ0n) is 26.3. The van der Waals surface area contributed by atoms with Crippen LogP contribution in [0.25, 0.3) is 0 Å². The molecule has 4 atom stereocenters. The molecule has 0 unspecified atom stereocenters. The van der Waals surface area contributed by atoms with E-state index in [9.17, 15) is 22.8 Å². The van der Waals surface area contributed by atoms with Gasteiger partial charge in [-0.3, -0.25) is 9.59 Å². The summed E-state index contributed by atoms with van der Waals surface area (Å²) < 4.78 is 37.8. The summed E-state index contributed by atoms with van der Waals surface area (Å²) in [5.41, 5.74) is 2.50. The van der Waals surface area contributed by atoms with Gasteiger partial charge in [0.2, 0.25) is 15.9 Å². The van der Waals surface area contributed by atoms with Crippen LogP contribution in [0.4, 0.5) is 0 Å². The van der Waals surface area contributed by atoms with Crippen molar-refractivity contribution in [1.82, 2.24) is 14.9 Å². The van der Waals surface area contributed by atoms with Crippen LogP contribution < -0.4 is 14.8 Å². The third-order valence-corrected chi connectivity index (χ3v) is 10.1. The number of ether oxygens (including phenoxy) is 2. The van der Waals surface area contributed by atoms with Gasteiger partial charge in [0.1, 0.15) is 11.3 Å². The second-order valence-corrected chi connectivity index (χ2v) is 14.4. The van der Waals surface area contributed by atoms with Gasteiger partial charge in [-0.15, -0.1) is 0 Å². The molecule has 0 spiro atoms. The van der Waals surface area contributed by atoms with Crippen molar-refractivity contribution in [3.05, 3.63) is 98.5 Å². The Bertz CT molecular complexity index is 1780. The Kier molecular flexibility index (Phi) is 10.8. The van der Waals surface area contributed by atoms with Crippen molar-refractivity contribution >= 4 is 51.0 Å². The fourth-order valence-electron chi connectivity index (χ4n) is 6.75. The molecule has 1 aliphatic heterocycles. The van der Waals surface area contributed by atoms with Gasteiger partial charge >= 0.3 is 5.97 Å². The Morgan fingerprint density at radius 2 is 1.72 bits per heavy atom. The van der Waals surface area contributed by atoms with Crippen molar-refractivity contribution in [2.45, 2.75) is 56.1 Å². The van der Waals surface area contributed by atoms with E-state index in [1.807, 2.05) is 6.07 Å². The molecule has 250 valence electrons. The van der Waals surface area contributed by atoms with Crippen molar-refractivity contribution in [3.8, 4) is 5.75 Å². The van der Waals surface area contributed by atoms with Crippen LogP contribution in [0, 0.1) is 0 Å². The van der Waals surface area contributed by atoms with Gasteiger partial charge in [-0.1, -0.05) is 66.4 Å². The predicted molar refractivity (Wildman–Crippen MR) is 180 cm³/mol. The molecule has 1 fully saturated rings. The lowest BCUT2D eigenvalue weighted by molar-refractivity contribution is -0.124. The molecule has 13 heteroatoms. The molecule has 1 aliphatic carbocycles. The lowest BCUT2D eigenvalue weighted by Crippen LogP contribution is -2.59. The van der Waals surface area contributed by atoms with Crippen molar-refractivity contribution in [3.63, 3.8) is 0 Å². The monoisotopic (exact) mass is 701 g/mol. The number of hydrogen-bond donors (Lipinski definition) is 2. The van der Waals surface area contributed by atoms with Gasteiger partial charge < -0.3 is 19.7 Å². The fourth-order valence-corrected chi connectivity index (χ4v) is 8.09. The highest BCUT2D eigenvalue weighted by Crippen LogP contribution is 2.47. The Morgan fingerprint density at radius 1 is 0.979 bits per heavy atom. The SMILES string of the molecule is COC(=O)c1cc(CCNC(=O)[C@@H]2c3ccccc3C(=O)N([C@H]3CCCC[C@@H]3NS(C)(=O)=O)[C@H]2c2ccc(Cl)cc2Cl)ccc1OC. The third kappa shape index (κ3) is 7.59. The van der Waals surface area contributed by atoms with Crippen molar-refractivity contribution < 1.29 is 32.3 Å². The molecular weight excluding hydrogens is 665 g/mol. The van der Waals surface area contributed by atoms with Crippen LogP contribution in [-0.2, 0) is 26.0 Å². The standard InChI is InChI=1S/C34H37Cl2N3O7S/c1-45-29-15-12-20(18-25(29)34(42)46-2)16-17-37-32(40)30-22-8-4-5-9-23(22)33(41)39(31(30)24-14-13-21(35)19-26(24)36)28-11-7-6-10-27(28)38-47(3,43)44/h4-5,8-9,12-15,18-19,27-28,30-31,38H,6-7,10-11,16-17H2,1-3H3,(H,37,40)/t27-,28-,30+,31-/m0/s1. The van der Waals surface area contributed by atoms with Crippen LogP contribution in [0.5, 0.6) is 5.75 Å². The van der Waals surface area contributed by atoms with E-state index >= 15 is 0 Å². The molecule has 2 N–H and O–H groups in total. The molecule has 5 rings (SSSR count). The topological polar surface area (TPSA) is 131 Å². The summed E-state index contributed by atoms with van der Waals surface area (Å²) in [5, 5.41) is 3.73. The number of fused-ring (bicyclic) bond motifs is 1. The zero-order valence-corrected chi connectivity index (χ0v) is 28.6. The van der Waals surface area contributed by atoms with E-state index in [0.717, 1.165) is 24.7 Å². The molecule has 2 aliphatic rings. The van der Waals surface area contributed by atoms with Gasteiger partial charge in [0.15, 0.2) is 0 Å². The number of nitrogens with zero attached hydrogens (tertiary/aromatic N) is 1. The maximum Gasteiger partial charge on any atom is 0.341 e. The van der Waals surface area contributed by atoms with Crippen LogP contribution >= 0.6 is 23.2 Å². The van der Waals surface area contributed by atoms with E-state index in [0.29, 0.717) is 46.7 Å². The minimum absolute atomic E-state index is 0.223. The lowest BCUT2D eigenvalue weighted by Gasteiger charge is -2.49. The number of benzene rings is 3. The van der Waals surface area contributed by atoms with Crippen molar-refractivity contribution in [1.29, 1.82) is 0 Å². The zero-order chi connectivity index (χ0) is 33.9. The Balaban J connectivity index is 1.54. The number of hydrogen-bond acceptors (Lipinski definition) is 7. The number of esters is 1. The van der Waals surface area contributed by atoms with E-state index < -0.39 is 40.0 Å². The molecular formula is C34H37Cl2N3O7S. The van der Waals surface area contributed by atoms with Crippen LogP contribution in [0.2, 0.25) is 10.0 Å². The Labute approximate surface area is 284 Å². The highest BCUT2D eigenvalue weighted by atomic mass is 35.5. The molecule has 0 bridgehead atoms. The summed E-state index contributed by atoms with van der Waals surface area (Å²) in [4.78, 5) is 42.7. The van der Waals surface area contributed by atoms with Gasteiger partial charge in [0.25, 0.3) is 5.91 Å². The smallest absolute Gasteiger partial charge is 0.341 e. The minimum atomic E-state index is -3.60. The maximum absolute atomic E-state index is 14.4. The second-order valence-electron chi connectivity index (χ2n) is 11.8. The van der Waals surface area contributed by atoms with Gasteiger partial charge in [-0.25, -0.2) is 17.9 Å². The minimum Gasteiger partial charge on any atom is -0.496 e. The van der Waals surface area contributed by atoms with Crippen LogP contribution in [0.3, 0.4) is 0 Å².